The van der Waals surface area contributed by atoms with Crippen LogP contribution in [0.4, 0.5) is 0 Å². The molecule has 0 bridgehead atoms. The number of aromatic nitrogens is 2. The average Bonchev–Trinajstić information content (AvgIpc) is 2.48. The maximum absolute atomic E-state index is 5.66. The Morgan fingerprint density at radius 2 is 1.90 bits per heavy atom. The molecule has 0 N–H and O–H groups in total. The van der Waals surface area contributed by atoms with Crippen molar-refractivity contribution in [1.29, 1.82) is 0 Å². The predicted octanol–water partition coefficient (Wildman–Crippen LogP) is 3.71. The summed E-state index contributed by atoms with van der Waals surface area (Å²) in [5, 5.41) is 0.365. The van der Waals surface area contributed by atoms with Gasteiger partial charge in [-0.25, -0.2) is 9.97 Å². The molecule has 0 saturated heterocycles. The highest BCUT2D eigenvalue weighted by molar-refractivity contribution is 6.29. The summed E-state index contributed by atoms with van der Waals surface area (Å²) in [6.45, 7) is 2.89. The lowest BCUT2D eigenvalue weighted by atomic mass is 10.2. The highest BCUT2D eigenvalue weighted by Crippen LogP contribution is 2.12. The van der Waals surface area contributed by atoms with Crippen LogP contribution < -0.4 is 4.74 Å². The molecule has 0 fully saturated rings. The summed E-state index contributed by atoms with van der Waals surface area (Å²) in [5.41, 5.74) is 1.50. The number of benzene rings is 1. The number of unbranched alkanes of at least 4 members (excludes halogenated alkanes) is 1. The van der Waals surface area contributed by atoms with Crippen molar-refractivity contribution >= 4 is 11.6 Å². The Morgan fingerprint density at radius 1 is 1.10 bits per heavy atom. The minimum atomic E-state index is 0.365. The summed E-state index contributed by atoms with van der Waals surface area (Å²) in [5.74, 6) is 6.83. The average molecular weight is 287 g/mol. The third kappa shape index (κ3) is 4.56. The SMILES string of the molecule is CCCCOc1ccc(C#Cc2cnc(Cl)cn2)cc1. The van der Waals surface area contributed by atoms with Gasteiger partial charge in [-0.3, -0.25) is 0 Å². The first-order valence-corrected chi connectivity index (χ1v) is 6.88. The van der Waals surface area contributed by atoms with Crippen LogP contribution in [-0.2, 0) is 0 Å². The van der Waals surface area contributed by atoms with Crippen LogP contribution in [0.15, 0.2) is 36.7 Å². The lowest BCUT2D eigenvalue weighted by Crippen LogP contribution is -1.95. The van der Waals surface area contributed by atoms with Gasteiger partial charge in [-0.15, -0.1) is 0 Å². The van der Waals surface area contributed by atoms with E-state index in [0.717, 1.165) is 30.8 Å². The molecule has 0 amide bonds. The van der Waals surface area contributed by atoms with E-state index in [1.54, 1.807) is 6.20 Å². The van der Waals surface area contributed by atoms with Crippen LogP contribution in [-0.4, -0.2) is 16.6 Å². The van der Waals surface area contributed by atoms with E-state index in [4.69, 9.17) is 16.3 Å². The van der Waals surface area contributed by atoms with Gasteiger partial charge in [0.05, 0.1) is 19.0 Å². The molecule has 0 radical (unpaired) electrons. The predicted molar refractivity (Wildman–Crippen MR) is 79.9 cm³/mol. The Kier molecular flexibility index (Phi) is 5.40. The highest BCUT2D eigenvalue weighted by Gasteiger charge is 1.94. The Balaban J connectivity index is 1.98. The van der Waals surface area contributed by atoms with Gasteiger partial charge in [-0.1, -0.05) is 30.9 Å². The summed E-state index contributed by atoms with van der Waals surface area (Å²) in [7, 11) is 0. The first kappa shape index (κ1) is 14.4. The zero-order valence-corrected chi connectivity index (χ0v) is 12.0. The first-order chi connectivity index (χ1) is 9.78. The summed E-state index contributed by atoms with van der Waals surface area (Å²) >= 11 is 5.66. The number of nitrogens with zero attached hydrogens (tertiary/aromatic N) is 2. The van der Waals surface area contributed by atoms with E-state index in [0.29, 0.717) is 10.8 Å². The molecule has 2 aromatic rings. The van der Waals surface area contributed by atoms with Crippen molar-refractivity contribution < 1.29 is 4.74 Å². The Hall–Kier alpha value is -2.05. The molecule has 0 unspecified atom stereocenters. The van der Waals surface area contributed by atoms with E-state index in [9.17, 15) is 0 Å². The van der Waals surface area contributed by atoms with E-state index in [1.165, 1.54) is 6.20 Å². The normalized spacial score (nSPS) is 9.70. The lowest BCUT2D eigenvalue weighted by molar-refractivity contribution is 0.309. The molecule has 0 spiro atoms. The molecule has 0 aliphatic rings. The number of halogens is 1. The van der Waals surface area contributed by atoms with Crippen molar-refractivity contribution in [2.45, 2.75) is 19.8 Å². The standard InChI is InChI=1S/C16H15ClN2O/c1-2-3-10-20-15-8-5-13(6-9-15)4-7-14-11-19-16(17)12-18-14/h5-6,8-9,11-12H,2-3,10H2,1H3. The second-order valence-electron chi connectivity index (χ2n) is 4.20. The summed E-state index contributed by atoms with van der Waals surface area (Å²) in [6.07, 6.45) is 5.23. The molecule has 0 saturated carbocycles. The summed E-state index contributed by atoms with van der Waals surface area (Å²) < 4.78 is 5.59. The minimum Gasteiger partial charge on any atom is -0.494 e. The molecule has 1 aromatic heterocycles. The van der Waals surface area contributed by atoms with Crippen LogP contribution in [0.25, 0.3) is 0 Å². The van der Waals surface area contributed by atoms with Gasteiger partial charge in [-0.05, 0) is 36.6 Å². The van der Waals surface area contributed by atoms with E-state index >= 15 is 0 Å². The largest absolute Gasteiger partial charge is 0.494 e. The third-order valence-corrected chi connectivity index (χ3v) is 2.77. The first-order valence-electron chi connectivity index (χ1n) is 6.50. The molecule has 2 rings (SSSR count). The molecule has 20 heavy (non-hydrogen) atoms. The Morgan fingerprint density at radius 3 is 2.55 bits per heavy atom. The lowest BCUT2D eigenvalue weighted by Gasteiger charge is -2.04. The highest BCUT2D eigenvalue weighted by atomic mass is 35.5. The fourth-order valence-corrected chi connectivity index (χ4v) is 1.58. The molecule has 0 atom stereocenters. The topological polar surface area (TPSA) is 35.0 Å². The van der Waals surface area contributed by atoms with Crippen molar-refractivity contribution in [3.05, 3.63) is 53.1 Å². The molecule has 0 aliphatic carbocycles. The maximum atomic E-state index is 5.66. The van der Waals surface area contributed by atoms with E-state index in [-0.39, 0.29) is 0 Å². The second kappa shape index (κ2) is 7.52. The maximum Gasteiger partial charge on any atom is 0.147 e. The van der Waals surface area contributed by atoms with Gasteiger partial charge >= 0.3 is 0 Å². The van der Waals surface area contributed by atoms with Gasteiger partial charge in [0.25, 0.3) is 0 Å². The summed E-state index contributed by atoms with van der Waals surface area (Å²) in [6, 6.07) is 7.70. The third-order valence-electron chi connectivity index (χ3n) is 2.58. The van der Waals surface area contributed by atoms with Crippen molar-refractivity contribution in [1.82, 2.24) is 9.97 Å². The van der Waals surface area contributed by atoms with Gasteiger partial charge in [0.2, 0.25) is 0 Å². The van der Waals surface area contributed by atoms with E-state index < -0.39 is 0 Å². The van der Waals surface area contributed by atoms with Gasteiger partial charge in [0.1, 0.15) is 16.6 Å². The van der Waals surface area contributed by atoms with Crippen molar-refractivity contribution in [3.8, 4) is 17.6 Å². The smallest absolute Gasteiger partial charge is 0.147 e. The molecule has 1 aromatic carbocycles. The van der Waals surface area contributed by atoms with Crippen molar-refractivity contribution in [2.75, 3.05) is 6.61 Å². The van der Waals surface area contributed by atoms with E-state index in [2.05, 4.69) is 28.7 Å². The van der Waals surface area contributed by atoms with Crippen LogP contribution in [0, 0.1) is 11.8 Å². The van der Waals surface area contributed by atoms with Crippen LogP contribution in [0.5, 0.6) is 5.75 Å². The molecule has 4 heteroatoms. The molecule has 1 heterocycles. The van der Waals surface area contributed by atoms with Crippen molar-refractivity contribution in [2.24, 2.45) is 0 Å². The van der Waals surface area contributed by atoms with Crippen LogP contribution in [0.1, 0.15) is 31.0 Å². The molecule has 3 nitrogen and oxygen atoms in total. The quantitative estimate of drug-likeness (QED) is 0.635. The number of rotatable bonds is 4. The van der Waals surface area contributed by atoms with Gasteiger partial charge < -0.3 is 4.74 Å². The van der Waals surface area contributed by atoms with Gasteiger partial charge in [0, 0.05) is 5.56 Å². The Labute approximate surface area is 124 Å². The monoisotopic (exact) mass is 286 g/mol. The Bertz CT molecular complexity index is 597. The number of ether oxygens (including phenoxy) is 1. The van der Waals surface area contributed by atoms with Gasteiger partial charge in [0.15, 0.2) is 0 Å². The fourth-order valence-electron chi connectivity index (χ4n) is 1.48. The number of hydrogen-bond donors (Lipinski definition) is 0. The number of hydrogen-bond acceptors (Lipinski definition) is 3. The van der Waals surface area contributed by atoms with Crippen LogP contribution in [0.2, 0.25) is 5.15 Å². The van der Waals surface area contributed by atoms with Gasteiger partial charge in [-0.2, -0.15) is 0 Å². The van der Waals surface area contributed by atoms with Crippen molar-refractivity contribution in [3.63, 3.8) is 0 Å². The molecule has 102 valence electrons. The zero-order chi connectivity index (χ0) is 14.2. The zero-order valence-electron chi connectivity index (χ0n) is 11.3. The fraction of sp³-hybridized carbons (Fsp3) is 0.250. The molecule has 0 aliphatic heterocycles. The second-order valence-corrected chi connectivity index (χ2v) is 4.59. The van der Waals surface area contributed by atoms with Crippen LogP contribution in [0.3, 0.4) is 0 Å². The van der Waals surface area contributed by atoms with E-state index in [1.807, 2.05) is 24.3 Å². The minimum absolute atomic E-state index is 0.365. The van der Waals surface area contributed by atoms with Crippen LogP contribution >= 0.6 is 11.6 Å². The summed E-state index contributed by atoms with van der Waals surface area (Å²) in [4.78, 5) is 8.00. The molecular formula is C16H15ClN2O. The molecular weight excluding hydrogens is 272 g/mol.